The third-order valence-electron chi connectivity index (χ3n) is 4.40. The highest BCUT2D eigenvalue weighted by atomic mass is 16.2. The van der Waals surface area contributed by atoms with Gasteiger partial charge in [-0.2, -0.15) is 5.10 Å². The Hall–Kier alpha value is -4.01. The van der Waals surface area contributed by atoms with Crippen LogP contribution in [0.25, 0.3) is 0 Å². The van der Waals surface area contributed by atoms with Crippen LogP contribution in [0.15, 0.2) is 65.8 Å². The molecule has 2 aromatic carbocycles. The minimum absolute atomic E-state index is 0.288. The zero-order valence-corrected chi connectivity index (χ0v) is 18.0. The smallest absolute Gasteiger partial charge is 0.263 e. The van der Waals surface area contributed by atoms with Crippen LogP contribution in [-0.2, 0) is 32.0 Å². The van der Waals surface area contributed by atoms with Gasteiger partial charge in [-0.15, -0.1) is 0 Å². The van der Waals surface area contributed by atoms with E-state index in [1.807, 2.05) is 60.7 Å². The molecule has 0 saturated heterocycles. The number of hydrogen-bond acceptors (Lipinski definition) is 5. The molecule has 0 heterocycles. The highest BCUT2D eigenvalue weighted by Crippen LogP contribution is 2.04. The summed E-state index contributed by atoms with van der Waals surface area (Å²) in [6.45, 7) is 2.65. The lowest BCUT2D eigenvalue weighted by Gasteiger charge is -2.17. The van der Waals surface area contributed by atoms with Crippen molar-refractivity contribution in [3.05, 3.63) is 71.8 Å². The van der Waals surface area contributed by atoms with Gasteiger partial charge in [0.25, 0.3) is 5.91 Å². The molecule has 4 N–H and O–H groups in total. The van der Waals surface area contributed by atoms with Crippen molar-refractivity contribution < 1.29 is 19.2 Å². The number of nitrogens with zero attached hydrogens (tertiary/aromatic N) is 1. The minimum Gasteiger partial charge on any atom is -0.344 e. The van der Waals surface area contributed by atoms with E-state index in [2.05, 4.69) is 26.5 Å². The minimum atomic E-state index is -0.826. The van der Waals surface area contributed by atoms with E-state index in [0.29, 0.717) is 6.42 Å². The van der Waals surface area contributed by atoms with Gasteiger partial charge in [-0.05, 0) is 11.1 Å². The molecule has 168 valence electrons. The number of hydrogen-bond donors (Lipinski definition) is 4. The van der Waals surface area contributed by atoms with Crippen molar-refractivity contribution in [3.63, 3.8) is 0 Å². The molecule has 2 rings (SSSR count). The number of nitrogens with one attached hydrogen (secondary N) is 4. The van der Waals surface area contributed by atoms with Crippen LogP contribution in [0.3, 0.4) is 0 Å². The molecule has 0 unspecified atom stereocenters. The number of hydrazone groups is 1. The maximum atomic E-state index is 12.5. The van der Waals surface area contributed by atoms with Gasteiger partial charge in [-0.3, -0.25) is 19.2 Å². The fraction of sp³-hybridized carbons (Fsp3) is 0.261. The predicted molar refractivity (Wildman–Crippen MR) is 120 cm³/mol. The van der Waals surface area contributed by atoms with Crippen molar-refractivity contribution in [2.75, 3.05) is 0 Å². The molecule has 0 aliphatic heterocycles. The molecule has 0 bridgehead atoms. The van der Waals surface area contributed by atoms with E-state index in [9.17, 15) is 19.2 Å². The fourth-order valence-corrected chi connectivity index (χ4v) is 2.98. The molecule has 2 aromatic rings. The number of rotatable bonds is 10. The van der Waals surface area contributed by atoms with E-state index in [1.165, 1.54) is 13.8 Å². The van der Waals surface area contributed by atoms with Gasteiger partial charge in [0.2, 0.25) is 17.7 Å². The summed E-state index contributed by atoms with van der Waals surface area (Å²) >= 11 is 0. The van der Waals surface area contributed by atoms with Crippen LogP contribution in [0.4, 0.5) is 0 Å². The molecule has 9 nitrogen and oxygen atoms in total. The first-order valence-corrected chi connectivity index (χ1v) is 10.1. The summed E-state index contributed by atoms with van der Waals surface area (Å²) in [5.41, 5.74) is 4.06. The van der Waals surface area contributed by atoms with Crippen LogP contribution < -0.4 is 21.4 Å². The molecule has 4 amide bonds. The molecule has 2 atom stereocenters. The van der Waals surface area contributed by atoms with Crippen molar-refractivity contribution in [3.8, 4) is 0 Å². The second-order valence-corrected chi connectivity index (χ2v) is 7.13. The van der Waals surface area contributed by atoms with Gasteiger partial charge in [-0.1, -0.05) is 60.7 Å². The van der Waals surface area contributed by atoms with E-state index in [1.54, 1.807) is 0 Å². The third kappa shape index (κ3) is 8.78. The lowest BCUT2D eigenvalue weighted by atomic mass is 10.1. The first-order chi connectivity index (χ1) is 15.3. The standard InChI is InChI=1S/C23H27N5O4/c1-16(29)26-20(13-18-9-5-3-6-10-18)22(31)24-15-25-28-23(32)21(27-17(2)30)14-19-11-7-4-8-12-19/h3-12,15,20-21H,13-14H2,1-2H3,(H,26,29)(H,27,30)(H,28,32)(H,24,25,31)/t20-,21-/m0/s1. The zero-order chi connectivity index (χ0) is 23.3. The molecule has 0 saturated carbocycles. The Morgan fingerprint density at radius 3 is 1.62 bits per heavy atom. The second kappa shape index (κ2) is 12.6. The van der Waals surface area contributed by atoms with E-state index >= 15 is 0 Å². The first-order valence-electron chi connectivity index (χ1n) is 10.1. The summed E-state index contributed by atoms with van der Waals surface area (Å²) in [6.07, 6.45) is 1.62. The van der Waals surface area contributed by atoms with Gasteiger partial charge in [0.1, 0.15) is 18.4 Å². The van der Waals surface area contributed by atoms with Crippen molar-refractivity contribution in [2.45, 2.75) is 38.8 Å². The molecular weight excluding hydrogens is 410 g/mol. The Morgan fingerprint density at radius 2 is 1.19 bits per heavy atom. The fourth-order valence-electron chi connectivity index (χ4n) is 2.98. The Morgan fingerprint density at radius 1 is 0.750 bits per heavy atom. The zero-order valence-electron chi connectivity index (χ0n) is 18.0. The summed E-state index contributed by atoms with van der Waals surface area (Å²) in [5, 5.41) is 11.4. The van der Waals surface area contributed by atoms with Gasteiger partial charge in [-0.25, -0.2) is 5.43 Å². The molecule has 0 fully saturated rings. The quantitative estimate of drug-likeness (QED) is 0.247. The van der Waals surface area contributed by atoms with Crippen molar-refractivity contribution in [1.29, 1.82) is 0 Å². The third-order valence-corrected chi connectivity index (χ3v) is 4.40. The molecule has 0 spiro atoms. The molecular formula is C23H27N5O4. The largest absolute Gasteiger partial charge is 0.344 e. The van der Waals surface area contributed by atoms with Gasteiger partial charge >= 0.3 is 0 Å². The van der Waals surface area contributed by atoms with Crippen molar-refractivity contribution in [1.82, 2.24) is 21.4 Å². The molecule has 0 aliphatic carbocycles. The summed E-state index contributed by atoms with van der Waals surface area (Å²) < 4.78 is 0. The number of carbonyl (C=O) groups excluding carboxylic acids is 4. The van der Waals surface area contributed by atoms with Gasteiger partial charge in [0, 0.05) is 26.7 Å². The molecule has 0 radical (unpaired) electrons. The van der Waals surface area contributed by atoms with Gasteiger partial charge < -0.3 is 16.0 Å². The molecule has 0 aromatic heterocycles. The molecule has 0 aliphatic rings. The maximum Gasteiger partial charge on any atom is 0.263 e. The summed E-state index contributed by atoms with van der Waals surface area (Å²) in [5.74, 6) is -1.70. The summed E-state index contributed by atoms with van der Waals surface area (Å²) in [6, 6.07) is 16.9. The molecule has 32 heavy (non-hydrogen) atoms. The predicted octanol–water partition coefficient (Wildman–Crippen LogP) is 0.657. The van der Waals surface area contributed by atoms with E-state index in [4.69, 9.17) is 0 Å². The maximum absolute atomic E-state index is 12.5. The SMILES string of the molecule is CC(=O)N[C@@H](Cc1ccccc1)C(=O)N/C=N/NC(=O)[C@H](Cc1ccccc1)NC(C)=O. The average Bonchev–Trinajstić information content (AvgIpc) is 2.76. The van der Waals surface area contributed by atoms with Crippen molar-refractivity contribution >= 4 is 30.0 Å². The Kier molecular flexibility index (Phi) is 9.58. The second-order valence-electron chi connectivity index (χ2n) is 7.13. The highest BCUT2D eigenvalue weighted by Gasteiger charge is 2.21. The Balaban J connectivity index is 1.93. The summed E-state index contributed by atoms with van der Waals surface area (Å²) in [4.78, 5) is 47.8. The van der Waals surface area contributed by atoms with Crippen molar-refractivity contribution in [2.24, 2.45) is 5.10 Å². The van der Waals surface area contributed by atoms with Gasteiger partial charge in [0.05, 0.1) is 0 Å². The van der Waals surface area contributed by atoms with E-state index in [-0.39, 0.29) is 18.2 Å². The van der Waals surface area contributed by atoms with Crippen LogP contribution in [0.5, 0.6) is 0 Å². The number of benzene rings is 2. The summed E-state index contributed by atoms with van der Waals surface area (Å²) in [7, 11) is 0. The highest BCUT2D eigenvalue weighted by molar-refractivity contribution is 5.94. The Labute approximate surface area is 186 Å². The van der Waals surface area contributed by atoms with Crippen LogP contribution in [0.2, 0.25) is 0 Å². The van der Waals surface area contributed by atoms with Crippen LogP contribution >= 0.6 is 0 Å². The number of carbonyl (C=O) groups is 4. The van der Waals surface area contributed by atoms with E-state index in [0.717, 1.165) is 17.5 Å². The van der Waals surface area contributed by atoms with Crippen LogP contribution in [0.1, 0.15) is 25.0 Å². The average molecular weight is 438 g/mol. The van der Waals surface area contributed by atoms with E-state index < -0.39 is 23.9 Å². The number of amides is 4. The molecule has 9 heteroatoms. The lowest BCUT2D eigenvalue weighted by molar-refractivity contribution is -0.128. The van der Waals surface area contributed by atoms with Crippen LogP contribution in [0, 0.1) is 0 Å². The van der Waals surface area contributed by atoms with Gasteiger partial charge in [0.15, 0.2) is 0 Å². The lowest BCUT2D eigenvalue weighted by Crippen LogP contribution is -2.48. The Bertz CT molecular complexity index is 870. The van der Waals surface area contributed by atoms with Crippen LogP contribution in [-0.4, -0.2) is 42.1 Å². The normalized spacial score (nSPS) is 12.4. The monoisotopic (exact) mass is 437 g/mol. The topological polar surface area (TPSA) is 129 Å². The first kappa shape index (κ1) is 24.3.